The van der Waals surface area contributed by atoms with Crippen LogP contribution in [0.5, 0.6) is 0 Å². The van der Waals surface area contributed by atoms with Crippen molar-refractivity contribution in [1.29, 1.82) is 0 Å². The lowest BCUT2D eigenvalue weighted by atomic mass is 10.1. The molecule has 0 aliphatic rings. The van der Waals surface area contributed by atoms with Gasteiger partial charge in [0.05, 0.1) is 13.1 Å². The Balaban J connectivity index is 3.05. The van der Waals surface area contributed by atoms with E-state index in [4.69, 9.17) is 11.5 Å². The van der Waals surface area contributed by atoms with Gasteiger partial charge in [-0.25, -0.2) is 0 Å². The van der Waals surface area contributed by atoms with Crippen molar-refractivity contribution in [3.63, 3.8) is 0 Å². The predicted octanol–water partition coefficient (Wildman–Crippen LogP) is 1.04. The minimum Gasteiger partial charge on any atom is -0.355 e. The van der Waals surface area contributed by atoms with Crippen LogP contribution < -0.4 is 22.1 Å². The Labute approximate surface area is 134 Å². The van der Waals surface area contributed by atoms with E-state index in [2.05, 4.69) is 10.6 Å². The molecule has 0 spiro atoms. The number of nitrogens with two attached hydrogens (primary N) is 2. The van der Waals surface area contributed by atoms with Crippen LogP contribution in [0.3, 0.4) is 0 Å². The second kappa shape index (κ2) is 16.2. The van der Waals surface area contributed by atoms with E-state index in [-0.39, 0.29) is 24.9 Å². The van der Waals surface area contributed by atoms with Crippen LogP contribution in [0.1, 0.15) is 64.2 Å². The second-order valence-electron chi connectivity index (χ2n) is 5.64. The molecular weight excluding hydrogens is 280 g/mol. The zero-order chi connectivity index (χ0) is 16.5. The van der Waals surface area contributed by atoms with Crippen molar-refractivity contribution < 1.29 is 9.59 Å². The smallest absolute Gasteiger partial charge is 0.233 e. The highest BCUT2D eigenvalue weighted by Crippen LogP contribution is 2.10. The van der Waals surface area contributed by atoms with Crippen LogP contribution >= 0.6 is 0 Å². The largest absolute Gasteiger partial charge is 0.355 e. The zero-order valence-electron chi connectivity index (χ0n) is 13.9. The van der Waals surface area contributed by atoms with Gasteiger partial charge in [-0.2, -0.15) is 0 Å². The average molecular weight is 314 g/mol. The number of carbonyl (C=O) groups excluding carboxylic acids is 2. The van der Waals surface area contributed by atoms with Gasteiger partial charge in [0, 0.05) is 13.1 Å². The number of hydrogen-bond donors (Lipinski definition) is 4. The van der Waals surface area contributed by atoms with Gasteiger partial charge in [-0.3, -0.25) is 9.59 Å². The molecule has 0 saturated heterocycles. The van der Waals surface area contributed by atoms with Crippen molar-refractivity contribution in [1.82, 2.24) is 10.6 Å². The van der Waals surface area contributed by atoms with E-state index in [9.17, 15) is 9.59 Å². The summed E-state index contributed by atoms with van der Waals surface area (Å²) in [5.74, 6) is -0.134. The Morgan fingerprint density at radius 3 is 1.09 bits per heavy atom. The molecule has 0 aromatic rings. The summed E-state index contributed by atoms with van der Waals surface area (Å²) in [4.78, 5) is 21.8. The summed E-state index contributed by atoms with van der Waals surface area (Å²) >= 11 is 0. The third-order valence-corrected chi connectivity index (χ3v) is 3.62. The topological polar surface area (TPSA) is 110 Å². The molecule has 0 atom stereocenters. The van der Waals surface area contributed by atoms with E-state index < -0.39 is 0 Å². The molecule has 0 aliphatic heterocycles. The van der Waals surface area contributed by atoms with E-state index in [0.717, 1.165) is 25.9 Å². The molecular formula is C16H34N4O2. The summed E-state index contributed by atoms with van der Waals surface area (Å²) < 4.78 is 0. The Kier molecular flexibility index (Phi) is 15.4. The second-order valence-corrected chi connectivity index (χ2v) is 5.64. The molecule has 0 aliphatic carbocycles. The summed E-state index contributed by atoms with van der Waals surface area (Å²) in [5, 5.41) is 5.56. The van der Waals surface area contributed by atoms with Crippen molar-refractivity contribution in [2.45, 2.75) is 64.2 Å². The standard InChI is InChI=1S/C16H34N4O2/c17-13-15(21)19-11-9-7-5-3-1-2-4-6-8-10-12-20-16(22)14-18/h1-14,17-18H2,(H,19,21)(H,20,22). The van der Waals surface area contributed by atoms with Gasteiger partial charge in [-0.1, -0.05) is 51.4 Å². The van der Waals surface area contributed by atoms with E-state index in [0.29, 0.717) is 0 Å². The lowest BCUT2D eigenvalue weighted by molar-refractivity contribution is -0.120. The number of carbonyl (C=O) groups is 2. The third-order valence-electron chi connectivity index (χ3n) is 3.62. The van der Waals surface area contributed by atoms with Crippen LogP contribution in [-0.2, 0) is 9.59 Å². The van der Waals surface area contributed by atoms with Gasteiger partial charge in [0.1, 0.15) is 0 Å². The SMILES string of the molecule is NCC(=O)NCCCCCCCCCCCCNC(=O)CN. The highest BCUT2D eigenvalue weighted by Gasteiger charge is 1.97. The highest BCUT2D eigenvalue weighted by molar-refractivity contribution is 5.77. The molecule has 6 nitrogen and oxygen atoms in total. The Bertz CT molecular complexity index is 257. The molecule has 0 heterocycles. The lowest BCUT2D eigenvalue weighted by Gasteiger charge is -2.05. The van der Waals surface area contributed by atoms with Gasteiger partial charge in [-0.15, -0.1) is 0 Å². The quantitative estimate of drug-likeness (QED) is 0.338. The number of rotatable bonds is 15. The van der Waals surface area contributed by atoms with Crippen LogP contribution in [-0.4, -0.2) is 38.0 Å². The summed E-state index contributed by atoms with van der Waals surface area (Å²) in [7, 11) is 0. The Hall–Kier alpha value is -1.14. The van der Waals surface area contributed by atoms with Gasteiger partial charge >= 0.3 is 0 Å². The molecule has 0 bridgehead atoms. The summed E-state index contributed by atoms with van der Waals surface area (Å²) in [6.07, 6.45) is 12.0. The summed E-state index contributed by atoms with van der Waals surface area (Å²) in [6.45, 7) is 1.66. The van der Waals surface area contributed by atoms with Crippen LogP contribution in [0.25, 0.3) is 0 Å². The van der Waals surface area contributed by atoms with Crippen LogP contribution in [0.4, 0.5) is 0 Å². The van der Waals surface area contributed by atoms with E-state index in [1.807, 2.05) is 0 Å². The van der Waals surface area contributed by atoms with Gasteiger partial charge in [0.2, 0.25) is 11.8 Å². The fourth-order valence-electron chi connectivity index (χ4n) is 2.26. The minimum absolute atomic E-state index is 0.0670. The Morgan fingerprint density at radius 2 is 0.818 bits per heavy atom. The lowest BCUT2D eigenvalue weighted by Crippen LogP contribution is -2.30. The fourth-order valence-corrected chi connectivity index (χ4v) is 2.26. The molecule has 0 saturated carbocycles. The molecule has 6 N–H and O–H groups in total. The molecule has 0 aromatic carbocycles. The molecule has 22 heavy (non-hydrogen) atoms. The number of nitrogens with one attached hydrogen (secondary N) is 2. The molecule has 0 radical (unpaired) electrons. The first-order valence-electron chi connectivity index (χ1n) is 8.64. The van der Waals surface area contributed by atoms with E-state index in [1.54, 1.807) is 0 Å². The van der Waals surface area contributed by atoms with Gasteiger partial charge < -0.3 is 22.1 Å². The predicted molar refractivity (Wildman–Crippen MR) is 90.3 cm³/mol. The van der Waals surface area contributed by atoms with Crippen molar-refractivity contribution in [3.8, 4) is 0 Å². The van der Waals surface area contributed by atoms with Crippen LogP contribution in [0.2, 0.25) is 0 Å². The summed E-state index contributed by atoms with van der Waals surface area (Å²) in [6, 6.07) is 0. The van der Waals surface area contributed by atoms with Crippen molar-refractivity contribution in [2.24, 2.45) is 11.5 Å². The first-order valence-corrected chi connectivity index (χ1v) is 8.64. The normalized spacial score (nSPS) is 10.5. The number of amides is 2. The Morgan fingerprint density at radius 1 is 0.545 bits per heavy atom. The third kappa shape index (κ3) is 15.3. The first-order chi connectivity index (χ1) is 10.7. The van der Waals surface area contributed by atoms with Crippen molar-refractivity contribution in [2.75, 3.05) is 26.2 Å². The molecule has 130 valence electrons. The van der Waals surface area contributed by atoms with Crippen molar-refractivity contribution >= 4 is 11.8 Å². The molecule has 6 heteroatoms. The monoisotopic (exact) mass is 314 g/mol. The molecule has 0 aromatic heterocycles. The maximum absolute atomic E-state index is 10.9. The fraction of sp³-hybridized carbons (Fsp3) is 0.875. The highest BCUT2D eigenvalue weighted by atomic mass is 16.2. The average Bonchev–Trinajstić information content (AvgIpc) is 2.54. The maximum Gasteiger partial charge on any atom is 0.233 e. The molecule has 0 rings (SSSR count). The van der Waals surface area contributed by atoms with E-state index >= 15 is 0 Å². The molecule has 2 amide bonds. The van der Waals surface area contributed by atoms with Gasteiger partial charge in [0.15, 0.2) is 0 Å². The van der Waals surface area contributed by atoms with Crippen LogP contribution in [0.15, 0.2) is 0 Å². The van der Waals surface area contributed by atoms with Gasteiger partial charge in [0.25, 0.3) is 0 Å². The minimum atomic E-state index is -0.0670. The maximum atomic E-state index is 10.9. The van der Waals surface area contributed by atoms with E-state index in [1.165, 1.54) is 51.4 Å². The first kappa shape index (κ1) is 20.9. The zero-order valence-corrected chi connectivity index (χ0v) is 13.9. The number of unbranched alkanes of at least 4 members (excludes halogenated alkanes) is 9. The summed E-state index contributed by atoms with van der Waals surface area (Å²) in [5.41, 5.74) is 10.4. The number of hydrogen-bond acceptors (Lipinski definition) is 4. The molecule has 0 unspecified atom stereocenters. The molecule has 0 fully saturated rings. The van der Waals surface area contributed by atoms with Gasteiger partial charge in [-0.05, 0) is 12.8 Å². The van der Waals surface area contributed by atoms with Crippen molar-refractivity contribution in [3.05, 3.63) is 0 Å². The van der Waals surface area contributed by atoms with Crippen LogP contribution in [0, 0.1) is 0 Å².